The zero-order valence-electron chi connectivity index (χ0n) is 13.3. The van der Waals surface area contributed by atoms with E-state index in [1.54, 1.807) is 35.6 Å². The fourth-order valence-corrected chi connectivity index (χ4v) is 2.70. The van der Waals surface area contributed by atoms with Gasteiger partial charge in [-0.25, -0.2) is 9.97 Å². The summed E-state index contributed by atoms with van der Waals surface area (Å²) in [7, 11) is 0. The highest BCUT2D eigenvalue weighted by atomic mass is 32.2. The normalized spacial score (nSPS) is 11.3. The molecule has 5 nitrogen and oxygen atoms in total. The summed E-state index contributed by atoms with van der Waals surface area (Å²) in [6.07, 6.45) is 6.68. The van der Waals surface area contributed by atoms with Crippen molar-refractivity contribution in [2.24, 2.45) is 0 Å². The summed E-state index contributed by atoms with van der Waals surface area (Å²) < 4.78 is 38.7. The molecule has 0 saturated heterocycles. The molecule has 0 aliphatic carbocycles. The van der Waals surface area contributed by atoms with Crippen molar-refractivity contribution in [2.75, 3.05) is 0 Å². The van der Waals surface area contributed by atoms with Gasteiger partial charge in [-0.3, -0.25) is 9.36 Å². The molecular formula is C17H13F3N4OS. The van der Waals surface area contributed by atoms with Crippen molar-refractivity contribution in [3.8, 4) is 5.82 Å². The van der Waals surface area contributed by atoms with Gasteiger partial charge in [0.1, 0.15) is 12.1 Å². The van der Waals surface area contributed by atoms with E-state index < -0.39 is 5.51 Å². The maximum Gasteiger partial charge on any atom is 0.446 e. The Morgan fingerprint density at radius 1 is 1.15 bits per heavy atom. The number of hydrogen-bond acceptors (Lipinski definition) is 4. The number of hydrogen-bond donors (Lipinski definition) is 1. The Morgan fingerprint density at radius 2 is 1.92 bits per heavy atom. The highest BCUT2D eigenvalue weighted by Gasteiger charge is 2.29. The summed E-state index contributed by atoms with van der Waals surface area (Å²) >= 11 is -0.215. The summed E-state index contributed by atoms with van der Waals surface area (Å²) in [5, 5.41) is 2.71. The third kappa shape index (κ3) is 4.85. The molecule has 2 aromatic heterocycles. The topological polar surface area (TPSA) is 59.8 Å². The Kier molecular flexibility index (Phi) is 5.27. The number of pyridine rings is 1. The number of halogens is 3. The zero-order valence-corrected chi connectivity index (χ0v) is 14.1. The van der Waals surface area contributed by atoms with Crippen LogP contribution in [0.25, 0.3) is 5.82 Å². The number of nitrogens with zero attached hydrogens (tertiary/aromatic N) is 3. The number of amides is 1. The highest BCUT2D eigenvalue weighted by Crippen LogP contribution is 2.36. The maximum absolute atomic E-state index is 12.3. The third-order valence-electron chi connectivity index (χ3n) is 3.38. The average Bonchev–Trinajstić information content (AvgIpc) is 3.14. The summed E-state index contributed by atoms with van der Waals surface area (Å²) in [5.74, 6) is 0.336. The lowest BCUT2D eigenvalue weighted by Crippen LogP contribution is -2.22. The first-order valence-corrected chi connectivity index (χ1v) is 8.30. The van der Waals surface area contributed by atoms with Crippen molar-refractivity contribution < 1.29 is 18.0 Å². The van der Waals surface area contributed by atoms with Crippen molar-refractivity contribution in [2.45, 2.75) is 16.9 Å². The molecule has 1 aromatic carbocycles. The number of benzene rings is 1. The van der Waals surface area contributed by atoms with Crippen molar-refractivity contribution in [3.63, 3.8) is 0 Å². The molecule has 0 atom stereocenters. The van der Waals surface area contributed by atoms with Crippen LogP contribution in [0.15, 0.2) is 66.2 Å². The Hall–Kier alpha value is -2.81. The van der Waals surface area contributed by atoms with Gasteiger partial charge < -0.3 is 5.32 Å². The summed E-state index contributed by atoms with van der Waals surface area (Å²) in [6, 6.07) is 8.90. The fraction of sp³-hybridized carbons (Fsp3) is 0.118. The Bertz CT molecular complexity index is 863. The molecule has 3 rings (SSSR count). The number of imidazole rings is 1. The molecule has 0 unspecified atom stereocenters. The predicted octanol–water partition coefficient (Wildman–Crippen LogP) is 3.81. The minimum absolute atomic E-state index is 0.0355. The molecule has 134 valence electrons. The minimum Gasteiger partial charge on any atom is -0.348 e. The van der Waals surface area contributed by atoms with Gasteiger partial charge in [0.05, 0.1) is 0 Å². The van der Waals surface area contributed by atoms with E-state index in [0.717, 1.165) is 5.56 Å². The van der Waals surface area contributed by atoms with Crippen molar-refractivity contribution in [1.29, 1.82) is 0 Å². The molecule has 0 aliphatic rings. The van der Waals surface area contributed by atoms with Crippen molar-refractivity contribution in [1.82, 2.24) is 19.9 Å². The number of carbonyl (C=O) groups is 1. The number of rotatable bonds is 5. The first-order chi connectivity index (χ1) is 12.4. The third-order valence-corrected chi connectivity index (χ3v) is 4.12. The van der Waals surface area contributed by atoms with Gasteiger partial charge >= 0.3 is 5.51 Å². The lowest BCUT2D eigenvalue weighted by molar-refractivity contribution is -0.0328. The van der Waals surface area contributed by atoms with E-state index >= 15 is 0 Å². The lowest BCUT2D eigenvalue weighted by Gasteiger charge is -2.08. The SMILES string of the molecule is O=C(NCc1ccc(-n2ccnc2)nc1)c1ccc(SC(F)(F)F)cc1. The van der Waals surface area contributed by atoms with Crippen LogP contribution in [0, 0.1) is 0 Å². The summed E-state index contributed by atoms with van der Waals surface area (Å²) in [5.41, 5.74) is -3.26. The largest absolute Gasteiger partial charge is 0.446 e. The second kappa shape index (κ2) is 7.61. The molecule has 26 heavy (non-hydrogen) atoms. The van der Waals surface area contributed by atoms with Gasteiger partial charge in [-0.2, -0.15) is 13.2 Å². The van der Waals surface area contributed by atoms with Crippen molar-refractivity contribution in [3.05, 3.63) is 72.4 Å². The predicted molar refractivity (Wildman–Crippen MR) is 90.9 cm³/mol. The van der Waals surface area contributed by atoms with E-state index in [1.165, 1.54) is 24.3 Å². The fourth-order valence-electron chi connectivity index (χ4n) is 2.16. The van der Waals surface area contributed by atoms with Gasteiger partial charge in [0, 0.05) is 35.6 Å². The zero-order chi connectivity index (χ0) is 18.6. The average molecular weight is 378 g/mol. The molecule has 0 bridgehead atoms. The smallest absolute Gasteiger partial charge is 0.348 e. The van der Waals surface area contributed by atoms with Crippen LogP contribution < -0.4 is 5.32 Å². The lowest BCUT2D eigenvalue weighted by atomic mass is 10.2. The quantitative estimate of drug-likeness (QED) is 0.686. The van der Waals surface area contributed by atoms with Crippen LogP contribution in [-0.2, 0) is 6.54 Å². The van der Waals surface area contributed by atoms with Gasteiger partial charge in [-0.05, 0) is 47.7 Å². The second-order valence-corrected chi connectivity index (χ2v) is 6.39. The van der Waals surface area contributed by atoms with E-state index in [9.17, 15) is 18.0 Å². The number of thioether (sulfide) groups is 1. The minimum atomic E-state index is -4.35. The molecule has 0 saturated carbocycles. The van der Waals surface area contributed by atoms with E-state index in [4.69, 9.17) is 0 Å². The number of carbonyl (C=O) groups excluding carboxylic acids is 1. The van der Waals surface area contributed by atoms with Gasteiger partial charge in [0.2, 0.25) is 0 Å². The van der Waals surface area contributed by atoms with E-state index in [2.05, 4.69) is 15.3 Å². The first kappa shape index (κ1) is 18.0. The van der Waals surface area contributed by atoms with Crippen LogP contribution in [0.3, 0.4) is 0 Å². The summed E-state index contributed by atoms with van der Waals surface area (Å²) in [4.78, 5) is 20.4. The second-order valence-electron chi connectivity index (χ2n) is 5.25. The maximum atomic E-state index is 12.3. The Labute approximate surface area is 151 Å². The summed E-state index contributed by atoms with van der Waals surface area (Å²) in [6.45, 7) is 0.259. The van der Waals surface area contributed by atoms with Crippen LogP contribution in [0.4, 0.5) is 13.2 Å². The molecule has 2 heterocycles. The molecule has 0 spiro atoms. The van der Waals surface area contributed by atoms with Crippen LogP contribution >= 0.6 is 11.8 Å². The van der Waals surface area contributed by atoms with Gasteiger partial charge in [0.25, 0.3) is 5.91 Å². The highest BCUT2D eigenvalue weighted by molar-refractivity contribution is 8.00. The number of aromatic nitrogens is 3. The van der Waals surface area contributed by atoms with Gasteiger partial charge in [-0.15, -0.1) is 0 Å². The first-order valence-electron chi connectivity index (χ1n) is 7.48. The molecule has 0 fully saturated rings. The standard InChI is InChI=1S/C17H13F3N4OS/c18-17(19,20)26-14-4-2-13(3-5-14)16(25)23-10-12-1-6-15(22-9-12)24-8-7-21-11-24/h1-9,11H,10H2,(H,23,25). The monoisotopic (exact) mass is 378 g/mol. The molecule has 0 aliphatic heterocycles. The Morgan fingerprint density at radius 3 is 2.50 bits per heavy atom. The molecule has 1 N–H and O–H groups in total. The van der Waals surface area contributed by atoms with Gasteiger partial charge in [0.15, 0.2) is 0 Å². The van der Waals surface area contributed by atoms with Crippen LogP contribution in [-0.4, -0.2) is 26.0 Å². The van der Waals surface area contributed by atoms with Crippen LogP contribution in [0.5, 0.6) is 0 Å². The molecule has 9 heteroatoms. The number of alkyl halides is 3. The Balaban J connectivity index is 1.56. The number of nitrogens with one attached hydrogen (secondary N) is 1. The van der Waals surface area contributed by atoms with E-state index in [0.29, 0.717) is 11.4 Å². The molecule has 0 radical (unpaired) electrons. The van der Waals surface area contributed by atoms with E-state index in [-0.39, 0.29) is 29.1 Å². The van der Waals surface area contributed by atoms with Crippen LogP contribution in [0.2, 0.25) is 0 Å². The van der Waals surface area contributed by atoms with Crippen molar-refractivity contribution >= 4 is 17.7 Å². The van der Waals surface area contributed by atoms with Crippen LogP contribution in [0.1, 0.15) is 15.9 Å². The molecule has 3 aromatic rings. The van der Waals surface area contributed by atoms with Gasteiger partial charge in [-0.1, -0.05) is 6.07 Å². The molecular weight excluding hydrogens is 365 g/mol. The molecule has 1 amide bonds. The van der Waals surface area contributed by atoms with E-state index in [1.807, 2.05) is 6.07 Å².